The van der Waals surface area contributed by atoms with Gasteiger partial charge >= 0.3 is 0 Å². The third kappa shape index (κ3) is 1.78. The molecule has 3 N–H and O–H groups in total. The van der Waals surface area contributed by atoms with Crippen LogP contribution in [0.1, 0.15) is 24.8 Å². The van der Waals surface area contributed by atoms with Gasteiger partial charge in [0, 0.05) is 12.1 Å². The van der Waals surface area contributed by atoms with Crippen molar-refractivity contribution in [3.05, 3.63) is 23.8 Å². The molecule has 0 atom stereocenters. The Kier molecular flexibility index (Phi) is 2.33. The number of hydrogen-bond acceptors (Lipinski definition) is 3. The Balaban J connectivity index is 1.75. The SMILES string of the molecule is NC1(C(=O)Nc2ccc3c(c2)CCO3)CCC1. The van der Waals surface area contributed by atoms with Gasteiger partial charge in [-0.1, -0.05) is 0 Å². The third-order valence-corrected chi connectivity index (χ3v) is 3.65. The molecular weight excluding hydrogens is 216 g/mol. The van der Waals surface area contributed by atoms with Crippen molar-refractivity contribution in [1.29, 1.82) is 0 Å². The molecule has 1 aliphatic carbocycles. The first-order valence-electron chi connectivity index (χ1n) is 6.03. The zero-order chi connectivity index (χ0) is 11.9. The number of rotatable bonds is 2. The minimum absolute atomic E-state index is 0.0670. The van der Waals surface area contributed by atoms with Gasteiger partial charge in [-0.05, 0) is 43.0 Å². The molecule has 3 rings (SSSR count). The summed E-state index contributed by atoms with van der Waals surface area (Å²) in [6.45, 7) is 0.730. The topological polar surface area (TPSA) is 64.4 Å². The molecule has 1 aliphatic heterocycles. The maximum atomic E-state index is 11.9. The number of fused-ring (bicyclic) bond motifs is 1. The van der Waals surface area contributed by atoms with E-state index < -0.39 is 5.54 Å². The van der Waals surface area contributed by atoms with Crippen molar-refractivity contribution < 1.29 is 9.53 Å². The number of amides is 1. The standard InChI is InChI=1S/C13H16N2O2/c14-13(5-1-6-13)12(16)15-10-2-3-11-9(8-10)4-7-17-11/h2-3,8H,1,4-7,14H2,(H,15,16). The lowest BCUT2D eigenvalue weighted by molar-refractivity contribution is -0.123. The van der Waals surface area contributed by atoms with E-state index in [1.54, 1.807) is 0 Å². The number of carbonyl (C=O) groups is 1. The molecule has 1 aromatic rings. The van der Waals surface area contributed by atoms with Gasteiger partial charge in [-0.3, -0.25) is 4.79 Å². The molecule has 1 aromatic carbocycles. The Morgan fingerprint density at radius 3 is 2.94 bits per heavy atom. The number of hydrogen-bond donors (Lipinski definition) is 2. The van der Waals surface area contributed by atoms with E-state index in [4.69, 9.17) is 10.5 Å². The van der Waals surface area contributed by atoms with Crippen LogP contribution in [-0.2, 0) is 11.2 Å². The molecule has 17 heavy (non-hydrogen) atoms. The highest BCUT2D eigenvalue weighted by Crippen LogP contribution is 2.32. The monoisotopic (exact) mass is 232 g/mol. The summed E-state index contributed by atoms with van der Waals surface area (Å²) in [6, 6.07) is 5.74. The molecule has 0 bridgehead atoms. The molecule has 2 aliphatic rings. The van der Waals surface area contributed by atoms with Gasteiger partial charge in [0.15, 0.2) is 0 Å². The first-order chi connectivity index (χ1) is 8.17. The van der Waals surface area contributed by atoms with Crippen LogP contribution in [0, 0.1) is 0 Å². The van der Waals surface area contributed by atoms with Crippen LogP contribution in [-0.4, -0.2) is 18.1 Å². The number of nitrogens with one attached hydrogen (secondary N) is 1. The molecule has 0 aromatic heterocycles. The van der Waals surface area contributed by atoms with Crippen molar-refractivity contribution in [3.63, 3.8) is 0 Å². The molecule has 1 amide bonds. The fraction of sp³-hybridized carbons (Fsp3) is 0.462. The van der Waals surface area contributed by atoms with Crippen LogP contribution < -0.4 is 15.8 Å². The van der Waals surface area contributed by atoms with Gasteiger partial charge in [0.1, 0.15) is 5.75 Å². The molecule has 1 fully saturated rings. The molecule has 1 heterocycles. The van der Waals surface area contributed by atoms with E-state index in [0.29, 0.717) is 0 Å². The second kappa shape index (κ2) is 3.74. The highest BCUT2D eigenvalue weighted by molar-refractivity contribution is 5.98. The molecule has 1 saturated carbocycles. The van der Waals surface area contributed by atoms with Crippen LogP contribution in [0.3, 0.4) is 0 Å². The summed E-state index contributed by atoms with van der Waals surface area (Å²) < 4.78 is 5.42. The van der Waals surface area contributed by atoms with Gasteiger partial charge in [0.25, 0.3) is 0 Å². The Morgan fingerprint density at radius 1 is 1.41 bits per heavy atom. The van der Waals surface area contributed by atoms with E-state index in [-0.39, 0.29) is 5.91 Å². The van der Waals surface area contributed by atoms with Crippen LogP contribution in [0.25, 0.3) is 0 Å². The quantitative estimate of drug-likeness (QED) is 0.811. The van der Waals surface area contributed by atoms with Crippen molar-refractivity contribution in [1.82, 2.24) is 0 Å². The van der Waals surface area contributed by atoms with E-state index in [0.717, 1.165) is 49.3 Å². The van der Waals surface area contributed by atoms with Crippen molar-refractivity contribution in [3.8, 4) is 5.75 Å². The Morgan fingerprint density at radius 2 is 2.24 bits per heavy atom. The van der Waals surface area contributed by atoms with E-state index >= 15 is 0 Å². The van der Waals surface area contributed by atoms with E-state index in [9.17, 15) is 4.79 Å². The second-order valence-corrected chi connectivity index (χ2v) is 4.88. The zero-order valence-electron chi connectivity index (χ0n) is 9.66. The van der Waals surface area contributed by atoms with Crippen LogP contribution in [0.15, 0.2) is 18.2 Å². The smallest absolute Gasteiger partial charge is 0.244 e. The minimum atomic E-state index is -0.643. The maximum Gasteiger partial charge on any atom is 0.244 e. The number of nitrogens with two attached hydrogens (primary N) is 1. The lowest BCUT2D eigenvalue weighted by atomic mass is 9.77. The first-order valence-corrected chi connectivity index (χ1v) is 6.03. The van der Waals surface area contributed by atoms with E-state index in [2.05, 4.69) is 5.32 Å². The average Bonchev–Trinajstić information content (AvgIpc) is 2.73. The van der Waals surface area contributed by atoms with Crippen molar-refractivity contribution >= 4 is 11.6 Å². The number of benzene rings is 1. The predicted molar refractivity (Wildman–Crippen MR) is 65.0 cm³/mol. The van der Waals surface area contributed by atoms with Crippen molar-refractivity contribution in [2.24, 2.45) is 5.73 Å². The molecule has 90 valence electrons. The fourth-order valence-electron chi connectivity index (χ4n) is 2.30. The lowest BCUT2D eigenvalue weighted by Crippen LogP contribution is -2.56. The highest BCUT2D eigenvalue weighted by atomic mass is 16.5. The van der Waals surface area contributed by atoms with Gasteiger partial charge in [-0.15, -0.1) is 0 Å². The molecule has 4 heteroatoms. The summed E-state index contributed by atoms with van der Waals surface area (Å²) >= 11 is 0. The summed E-state index contributed by atoms with van der Waals surface area (Å²) in [6.07, 6.45) is 3.52. The summed E-state index contributed by atoms with van der Waals surface area (Å²) in [5, 5.41) is 2.89. The van der Waals surface area contributed by atoms with Crippen LogP contribution in [0.2, 0.25) is 0 Å². The normalized spacial score (nSPS) is 20.1. The second-order valence-electron chi connectivity index (χ2n) is 4.88. The summed E-state index contributed by atoms with van der Waals surface area (Å²) in [5.41, 5.74) is 7.30. The molecular formula is C13H16N2O2. The van der Waals surface area contributed by atoms with Gasteiger partial charge < -0.3 is 15.8 Å². The zero-order valence-corrected chi connectivity index (χ0v) is 9.66. The maximum absolute atomic E-state index is 11.9. The predicted octanol–water partition coefficient (Wildman–Crippen LogP) is 1.44. The minimum Gasteiger partial charge on any atom is -0.493 e. The average molecular weight is 232 g/mol. The number of ether oxygens (including phenoxy) is 1. The molecule has 0 unspecified atom stereocenters. The van der Waals surface area contributed by atoms with Crippen LogP contribution in [0.4, 0.5) is 5.69 Å². The summed E-state index contributed by atoms with van der Waals surface area (Å²) in [4.78, 5) is 11.9. The van der Waals surface area contributed by atoms with E-state index in [1.165, 1.54) is 0 Å². The third-order valence-electron chi connectivity index (χ3n) is 3.65. The first kappa shape index (κ1) is 10.6. The summed E-state index contributed by atoms with van der Waals surface area (Å²) in [5.74, 6) is 0.858. The fourth-order valence-corrected chi connectivity index (χ4v) is 2.30. The van der Waals surface area contributed by atoms with E-state index in [1.807, 2.05) is 18.2 Å². The Hall–Kier alpha value is -1.55. The molecule has 4 nitrogen and oxygen atoms in total. The van der Waals surface area contributed by atoms with Crippen molar-refractivity contribution in [2.45, 2.75) is 31.2 Å². The van der Waals surface area contributed by atoms with Gasteiger partial charge in [0.2, 0.25) is 5.91 Å². The number of carbonyl (C=O) groups excluding carboxylic acids is 1. The summed E-state index contributed by atoms with van der Waals surface area (Å²) in [7, 11) is 0. The molecule has 0 spiro atoms. The highest BCUT2D eigenvalue weighted by Gasteiger charge is 2.40. The van der Waals surface area contributed by atoms with Crippen molar-refractivity contribution in [2.75, 3.05) is 11.9 Å². The van der Waals surface area contributed by atoms with Gasteiger partial charge in [-0.2, -0.15) is 0 Å². The molecule has 0 saturated heterocycles. The van der Waals surface area contributed by atoms with Crippen LogP contribution in [0.5, 0.6) is 5.75 Å². The number of anilines is 1. The van der Waals surface area contributed by atoms with Gasteiger partial charge in [-0.25, -0.2) is 0 Å². The Bertz CT molecular complexity index is 466. The lowest BCUT2D eigenvalue weighted by Gasteiger charge is -2.36. The largest absolute Gasteiger partial charge is 0.493 e. The van der Waals surface area contributed by atoms with Gasteiger partial charge in [0.05, 0.1) is 12.1 Å². The Labute approximate surface area is 100 Å². The molecule has 0 radical (unpaired) electrons. The van der Waals surface area contributed by atoms with Crippen LogP contribution >= 0.6 is 0 Å².